The van der Waals surface area contributed by atoms with E-state index in [0.717, 1.165) is 26.1 Å². The summed E-state index contributed by atoms with van der Waals surface area (Å²) in [6, 6.07) is 9.26. The fraction of sp³-hybridized carbons (Fsp3) is 0.625. The number of nitrogens with two attached hydrogens (primary N) is 1. The van der Waals surface area contributed by atoms with Gasteiger partial charge in [-0.05, 0) is 32.8 Å². The summed E-state index contributed by atoms with van der Waals surface area (Å²) >= 11 is 0. The van der Waals surface area contributed by atoms with E-state index in [1.165, 1.54) is 11.1 Å². The van der Waals surface area contributed by atoms with Crippen LogP contribution in [0.2, 0.25) is 0 Å². The first-order valence-electron chi connectivity index (χ1n) is 7.23. The van der Waals surface area contributed by atoms with Crippen molar-refractivity contribution in [3.05, 3.63) is 35.4 Å². The average Bonchev–Trinajstić information content (AvgIpc) is 2.41. The van der Waals surface area contributed by atoms with Gasteiger partial charge >= 0.3 is 0 Å². The Bertz CT molecular complexity index is 388. The third kappa shape index (κ3) is 4.03. The van der Waals surface area contributed by atoms with Crippen LogP contribution in [0.1, 0.15) is 25.0 Å². The summed E-state index contributed by atoms with van der Waals surface area (Å²) in [5.74, 6) is 0. The SMILES string of the molecule is Cc1ccc(CC(N)C2CN(C(C)C)CCO2)cc1. The lowest BCUT2D eigenvalue weighted by Crippen LogP contribution is -2.53. The van der Waals surface area contributed by atoms with Crippen molar-refractivity contribution in [1.82, 2.24) is 4.90 Å². The van der Waals surface area contributed by atoms with Crippen LogP contribution in [0.25, 0.3) is 0 Å². The molecule has 0 aromatic heterocycles. The lowest BCUT2D eigenvalue weighted by atomic mass is 10.00. The Kier molecular flexibility index (Phi) is 4.97. The van der Waals surface area contributed by atoms with E-state index in [4.69, 9.17) is 10.5 Å². The molecule has 0 aliphatic carbocycles. The van der Waals surface area contributed by atoms with Crippen molar-refractivity contribution in [1.29, 1.82) is 0 Å². The summed E-state index contributed by atoms with van der Waals surface area (Å²) in [7, 11) is 0. The summed E-state index contributed by atoms with van der Waals surface area (Å²) in [5.41, 5.74) is 8.91. The largest absolute Gasteiger partial charge is 0.374 e. The van der Waals surface area contributed by atoms with Crippen LogP contribution in [0.5, 0.6) is 0 Å². The van der Waals surface area contributed by atoms with Gasteiger partial charge in [0.15, 0.2) is 0 Å². The van der Waals surface area contributed by atoms with Gasteiger partial charge in [-0.2, -0.15) is 0 Å². The summed E-state index contributed by atoms with van der Waals surface area (Å²) in [4.78, 5) is 2.45. The standard InChI is InChI=1S/C16H26N2O/c1-12(2)18-8-9-19-16(11-18)15(17)10-14-6-4-13(3)5-7-14/h4-7,12,15-16H,8-11,17H2,1-3H3. The molecule has 19 heavy (non-hydrogen) atoms. The van der Waals surface area contributed by atoms with Gasteiger partial charge in [-0.25, -0.2) is 0 Å². The lowest BCUT2D eigenvalue weighted by molar-refractivity contribution is -0.0495. The lowest BCUT2D eigenvalue weighted by Gasteiger charge is -2.38. The monoisotopic (exact) mass is 262 g/mol. The fourth-order valence-corrected chi connectivity index (χ4v) is 2.55. The quantitative estimate of drug-likeness (QED) is 0.901. The third-order valence-electron chi connectivity index (χ3n) is 3.92. The first-order chi connectivity index (χ1) is 9.06. The van der Waals surface area contributed by atoms with Crippen molar-refractivity contribution in [2.75, 3.05) is 19.7 Å². The molecule has 1 aliphatic heterocycles. The first kappa shape index (κ1) is 14.5. The second-order valence-corrected chi connectivity index (χ2v) is 5.85. The van der Waals surface area contributed by atoms with Gasteiger partial charge in [0.1, 0.15) is 0 Å². The van der Waals surface area contributed by atoms with Crippen LogP contribution in [0.3, 0.4) is 0 Å². The predicted octanol–water partition coefficient (Wildman–Crippen LogP) is 1.97. The van der Waals surface area contributed by atoms with Gasteiger partial charge in [0.25, 0.3) is 0 Å². The van der Waals surface area contributed by atoms with Crippen molar-refractivity contribution in [2.45, 2.75) is 45.4 Å². The molecular formula is C16H26N2O. The maximum atomic E-state index is 6.33. The summed E-state index contributed by atoms with van der Waals surface area (Å²) in [5, 5.41) is 0. The Morgan fingerprint density at radius 2 is 2.00 bits per heavy atom. The van der Waals surface area contributed by atoms with Crippen LogP contribution < -0.4 is 5.73 Å². The molecule has 2 rings (SSSR count). The van der Waals surface area contributed by atoms with Crippen LogP contribution in [0.4, 0.5) is 0 Å². The molecule has 0 radical (unpaired) electrons. The van der Waals surface area contributed by atoms with Crippen LogP contribution in [0, 0.1) is 6.92 Å². The molecule has 0 bridgehead atoms. The number of hydrogen-bond acceptors (Lipinski definition) is 3. The number of hydrogen-bond donors (Lipinski definition) is 1. The van der Waals surface area contributed by atoms with E-state index in [2.05, 4.69) is 49.9 Å². The Morgan fingerprint density at radius 3 is 2.63 bits per heavy atom. The molecule has 106 valence electrons. The molecule has 0 amide bonds. The zero-order valence-corrected chi connectivity index (χ0v) is 12.3. The molecule has 1 fully saturated rings. The van der Waals surface area contributed by atoms with Crippen LogP contribution in [0.15, 0.2) is 24.3 Å². The number of aryl methyl sites for hydroxylation is 1. The molecule has 2 atom stereocenters. The normalized spacial score (nSPS) is 22.7. The topological polar surface area (TPSA) is 38.5 Å². The molecule has 1 heterocycles. The van der Waals surface area contributed by atoms with Crippen molar-refractivity contribution in [3.63, 3.8) is 0 Å². The van der Waals surface area contributed by atoms with Gasteiger partial charge in [-0.15, -0.1) is 0 Å². The average molecular weight is 262 g/mol. The van der Waals surface area contributed by atoms with Crippen molar-refractivity contribution < 1.29 is 4.74 Å². The molecular weight excluding hydrogens is 236 g/mol. The molecule has 3 nitrogen and oxygen atoms in total. The Morgan fingerprint density at radius 1 is 1.32 bits per heavy atom. The molecule has 3 heteroatoms. The Balaban J connectivity index is 1.92. The maximum absolute atomic E-state index is 6.33. The summed E-state index contributed by atoms with van der Waals surface area (Å²) in [6.07, 6.45) is 1.04. The number of rotatable bonds is 4. The molecule has 0 spiro atoms. The molecule has 1 saturated heterocycles. The highest BCUT2D eigenvalue weighted by Gasteiger charge is 2.26. The fourth-order valence-electron chi connectivity index (χ4n) is 2.55. The van der Waals surface area contributed by atoms with Crippen molar-refractivity contribution in [2.24, 2.45) is 5.73 Å². The highest BCUT2D eigenvalue weighted by atomic mass is 16.5. The van der Waals surface area contributed by atoms with E-state index < -0.39 is 0 Å². The number of nitrogens with zero attached hydrogens (tertiary/aromatic N) is 1. The Hall–Kier alpha value is -0.900. The van der Waals surface area contributed by atoms with Crippen molar-refractivity contribution >= 4 is 0 Å². The maximum Gasteiger partial charge on any atom is 0.0856 e. The van der Waals surface area contributed by atoms with Crippen LogP contribution >= 0.6 is 0 Å². The number of benzene rings is 1. The van der Waals surface area contributed by atoms with E-state index in [-0.39, 0.29) is 12.1 Å². The van der Waals surface area contributed by atoms with E-state index in [9.17, 15) is 0 Å². The molecule has 2 N–H and O–H groups in total. The van der Waals surface area contributed by atoms with Gasteiger partial charge in [0.2, 0.25) is 0 Å². The Labute approximate surface area is 116 Å². The molecule has 1 aliphatic rings. The van der Waals surface area contributed by atoms with Gasteiger partial charge in [0, 0.05) is 25.2 Å². The number of morpholine rings is 1. The first-order valence-corrected chi connectivity index (χ1v) is 7.23. The summed E-state index contributed by atoms with van der Waals surface area (Å²) in [6.45, 7) is 9.33. The minimum atomic E-state index is 0.0734. The predicted molar refractivity (Wildman–Crippen MR) is 79.3 cm³/mol. The highest BCUT2D eigenvalue weighted by molar-refractivity contribution is 5.22. The van der Waals surface area contributed by atoms with Gasteiger partial charge < -0.3 is 10.5 Å². The van der Waals surface area contributed by atoms with Gasteiger partial charge in [-0.1, -0.05) is 29.8 Å². The molecule has 2 unspecified atom stereocenters. The van der Waals surface area contributed by atoms with Gasteiger partial charge in [-0.3, -0.25) is 4.90 Å². The zero-order chi connectivity index (χ0) is 13.8. The number of ether oxygens (including phenoxy) is 1. The van der Waals surface area contributed by atoms with E-state index in [1.807, 2.05) is 0 Å². The summed E-state index contributed by atoms with van der Waals surface area (Å²) < 4.78 is 5.85. The van der Waals surface area contributed by atoms with E-state index in [0.29, 0.717) is 6.04 Å². The van der Waals surface area contributed by atoms with Crippen LogP contribution in [-0.2, 0) is 11.2 Å². The van der Waals surface area contributed by atoms with Crippen molar-refractivity contribution in [3.8, 4) is 0 Å². The molecule has 1 aromatic carbocycles. The smallest absolute Gasteiger partial charge is 0.0856 e. The minimum absolute atomic E-state index is 0.0734. The van der Waals surface area contributed by atoms with E-state index >= 15 is 0 Å². The third-order valence-corrected chi connectivity index (χ3v) is 3.92. The molecule has 1 aromatic rings. The molecule has 0 saturated carbocycles. The van der Waals surface area contributed by atoms with Gasteiger partial charge in [0.05, 0.1) is 12.7 Å². The van der Waals surface area contributed by atoms with Crippen LogP contribution in [-0.4, -0.2) is 42.8 Å². The minimum Gasteiger partial charge on any atom is -0.374 e. The zero-order valence-electron chi connectivity index (χ0n) is 12.3. The van der Waals surface area contributed by atoms with E-state index in [1.54, 1.807) is 0 Å². The second-order valence-electron chi connectivity index (χ2n) is 5.85. The highest BCUT2D eigenvalue weighted by Crippen LogP contribution is 2.14. The second kappa shape index (κ2) is 6.51.